The average molecular weight is 266 g/mol. The Morgan fingerprint density at radius 3 is 2.29 bits per heavy atom. The molecule has 0 amide bonds. The van der Waals surface area contributed by atoms with Gasteiger partial charge in [-0.05, 0) is 36.1 Å². The fourth-order valence-electron chi connectivity index (χ4n) is 1.52. The highest BCUT2D eigenvalue weighted by Crippen LogP contribution is 2.36. The zero-order chi connectivity index (χ0) is 13.3. The summed E-state index contributed by atoms with van der Waals surface area (Å²) in [5, 5.41) is -0.271. The molecule has 0 aliphatic carbocycles. The largest absolute Gasteiger partial charge is 0.417 e. The zero-order valence-electron chi connectivity index (χ0n) is 9.74. The molecule has 0 spiro atoms. The monoisotopic (exact) mass is 265 g/mol. The molecule has 1 aromatic rings. The van der Waals surface area contributed by atoms with Crippen molar-refractivity contribution in [2.45, 2.75) is 26.4 Å². The summed E-state index contributed by atoms with van der Waals surface area (Å²) in [4.78, 5) is 0. The van der Waals surface area contributed by atoms with E-state index in [2.05, 4.69) is 0 Å². The molecule has 1 rings (SSSR count). The van der Waals surface area contributed by atoms with Crippen LogP contribution in [0.2, 0.25) is 5.02 Å². The van der Waals surface area contributed by atoms with Crippen molar-refractivity contribution >= 4 is 11.6 Å². The Hall–Kier alpha value is -0.740. The summed E-state index contributed by atoms with van der Waals surface area (Å²) < 4.78 is 37.9. The van der Waals surface area contributed by atoms with Crippen molar-refractivity contribution in [3.8, 4) is 0 Å². The number of hydrogen-bond donors (Lipinski definition) is 1. The molecule has 0 fully saturated rings. The van der Waals surface area contributed by atoms with E-state index in [0.717, 1.165) is 6.07 Å². The van der Waals surface area contributed by atoms with Crippen LogP contribution in [0.25, 0.3) is 0 Å². The second kappa shape index (κ2) is 4.86. The Morgan fingerprint density at radius 2 is 1.82 bits per heavy atom. The summed E-state index contributed by atoms with van der Waals surface area (Å²) in [5.41, 5.74) is 5.14. The molecular weight excluding hydrogens is 251 g/mol. The summed E-state index contributed by atoms with van der Waals surface area (Å²) >= 11 is 5.54. The van der Waals surface area contributed by atoms with Gasteiger partial charge in [-0.3, -0.25) is 0 Å². The summed E-state index contributed by atoms with van der Waals surface area (Å²) in [6, 6.07) is 3.99. The lowest BCUT2D eigenvalue weighted by molar-refractivity contribution is -0.137. The smallest absolute Gasteiger partial charge is 0.330 e. The van der Waals surface area contributed by atoms with Crippen LogP contribution in [0, 0.1) is 5.41 Å². The minimum Gasteiger partial charge on any atom is -0.330 e. The van der Waals surface area contributed by atoms with Crippen molar-refractivity contribution in [2.75, 3.05) is 6.54 Å². The van der Waals surface area contributed by atoms with Gasteiger partial charge < -0.3 is 5.73 Å². The van der Waals surface area contributed by atoms with E-state index in [1.165, 1.54) is 6.07 Å². The first-order chi connectivity index (χ1) is 7.65. The van der Waals surface area contributed by atoms with Crippen molar-refractivity contribution in [3.05, 3.63) is 34.3 Å². The third-order valence-electron chi connectivity index (χ3n) is 2.57. The first-order valence-electron chi connectivity index (χ1n) is 5.21. The number of benzene rings is 1. The van der Waals surface area contributed by atoms with Crippen LogP contribution in [0.3, 0.4) is 0 Å². The predicted octanol–water partition coefficient (Wildman–Crippen LogP) is 3.89. The summed E-state index contributed by atoms with van der Waals surface area (Å²) in [6.07, 6.45) is -3.93. The Kier molecular flexibility index (Phi) is 4.10. The molecule has 0 unspecified atom stereocenters. The van der Waals surface area contributed by atoms with E-state index in [4.69, 9.17) is 17.3 Å². The lowest BCUT2D eigenvalue weighted by Gasteiger charge is -2.23. The van der Waals surface area contributed by atoms with Gasteiger partial charge in [-0.25, -0.2) is 0 Å². The molecule has 0 aliphatic rings. The van der Waals surface area contributed by atoms with Crippen LogP contribution in [-0.4, -0.2) is 6.54 Å². The number of nitrogens with two attached hydrogens (primary N) is 1. The molecule has 0 bridgehead atoms. The quantitative estimate of drug-likeness (QED) is 0.882. The van der Waals surface area contributed by atoms with Crippen molar-refractivity contribution in [2.24, 2.45) is 11.1 Å². The SMILES string of the molecule is CC(C)(CN)Cc1ccc(Cl)c(C(F)(F)F)c1. The fourth-order valence-corrected chi connectivity index (χ4v) is 1.75. The van der Waals surface area contributed by atoms with Gasteiger partial charge in [0.25, 0.3) is 0 Å². The predicted molar refractivity (Wildman–Crippen MR) is 63.0 cm³/mol. The highest BCUT2D eigenvalue weighted by atomic mass is 35.5. The summed E-state index contributed by atoms with van der Waals surface area (Å²) in [6.45, 7) is 4.24. The lowest BCUT2D eigenvalue weighted by atomic mass is 9.85. The van der Waals surface area contributed by atoms with Crippen molar-refractivity contribution in [1.29, 1.82) is 0 Å². The molecule has 1 aromatic carbocycles. The minimum atomic E-state index is -4.42. The first-order valence-corrected chi connectivity index (χ1v) is 5.59. The summed E-state index contributed by atoms with van der Waals surface area (Å²) in [7, 11) is 0. The third kappa shape index (κ3) is 3.89. The van der Waals surface area contributed by atoms with E-state index in [0.29, 0.717) is 18.5 Å². The topological polar surface area (TPSA) is 26.0 Å². The second-order valence-electron chi connectivity index (χ2n) is 4.86. The molecule has 0 saturated heterocycles. The number of hydrogen-bond acceptors (Lipinski definition) is 1. The minimum absolute atomic E-state index is 0.225. The lowest BCUT2D eigenvalue weighted by Crippen LogP contribution is -2.26. The van der Waals surface area contributed by atoms with Crippen LogP contribution in [0.5, 0.6) is 0 Å². The molecule has 0 atom stereocenters. The normalized spacial score (nSPS) is 12.9. The van der Waals surface area contributed by atoms with Gasteiger partial charge >= 0.3 is 6.18 Å². The average Bonchev–Trinajstić information content (AvgIpc) is 2.19. The van der Waals surface area contributed by atoms with Gasteiger partial charge in [-0.2, -0.15) is 13.2 Å². The Bertz CT molecular complexity index is 399. The molecular formula is C12H15ClF3N. The van der Waals surface area contributed by atoms with Gasteiger partial charge in [0.1, 0.15) is 0 Å². The van der Waals surface area contributed by atoms with Gasteiger partial charge in [0.2, 0.25) is 0 Å². The van der Waals surface area contributed by atoms with Gasteiger partial charge in [0.05, 0.1) is 10.6 Å². The van der Waals surface area contributed by atoms with E-state index in [1.807, 2.05) is 13.8 Å². The highest BCUT2D eigenvalue weighted by molar-refractivity contribution is 6.31. The van der Waals surface area contributed by atoms with Crippen LogP contribution in [0.15, 0.2) is 18.2 Å². The van der Waals surface area contributed by atoms with Gasteiger partial charge in [-0.1, -0.05) is 31.5 Å². The van der Waals surface area contributed by atoms with Crippen LogP contribution in [-0.2, 0) is 12.6 Å². The molecule has 5 heteroatoms. The molecule has 0 radical (unpaired) electrons. The van der Waals surface area contributed by atoms with Crippen LogP contribution < -0.4 is 5.73 Å². The van der Waals surface area contributed by atoms with E-state index in [-0.39, 0.29) is 10.4 Å². The van der Waals surface area contributed by atoms with E-state index < -0.39 is 11.7 Å². The number of halogens is 4. The third-order valence-corrected chi connectivity index (χ3v) is 2.90. The Balaban J connectivity index is 3.06. The van der Waals surface area contributed by atoms with Gasteiger partial charge in [0, 0.05) is 0 Å². The molecule has 96 valence electrons. The maximum absolute atomic E-state index is 12.6. The Labute approximate surface area is 104 Å². The molecule has 1 nitrogen and oxygen atoms in total. The molecule has 2 N–H and O–H groups in total. The van der Waals surface area contributed by atoms with E-state index in [9.17, 15) is 13.2 Å². The van der Waals surface area contributed by atoms with Gasteiger partial charge in [-0.15, -0.1) is 0 Å². The van der Waals surface area contributed by atoms with Crippen LogP contribution in [0.4, 0.5) is 13.2 Å². The first kappa shape index (κ1) is 14.3. The van der Waals surface area contributed by atoms with Crippen molar-refractivity contribution < 1.29 is 13.2 Å². The van der Waals surface area contributed by atoms with Crippen LogP contribution in [0.1, 0.15) is 25.0 Å². The number of alkyl halides is 3. The highest BCUT2D eigenvalue weighted by Gasteiger charge is 2.33. The van der Waals surface area contributed by atoms with Crippen molar-refractivity contribution in [1.82, 2.24) is 0 Å². The molecule has 17 heavy (non-hydrogen) atoms. The maximum atomic E-state index is 12.6. The van der Waals surface area contributed by atoms with Crippen LogP contribution >= 0.6 is 11.6 Å². The maximum Gasteiger partial charge on any atom is 0.417 e. The van der Waals surface area contributed by atoms with E-state index >= 15 is 0 Å². The van der Waals surface area contributed by atoms with Crippen molar-refractivity contribution in [3.63, 3.8) is 0 Å². The summed E-state index contributed by atoms with van der Waals surface area (Å²) in [5.74, 6) is 0. The standard InChI is InChI=1S/C12H15ClF3N/c1-11(2,7-17)6-8-3-4-10(13)9(5-8)12(14,15)16/h3-5H,6-7,17H2,1-2H3. The second-order valence-corrected chi connectivity index (χ2v) is 5.26. The fraction of sp³-hybridized carbons (Fsp3) is 0.500. The zero-order valence-corrected chi connectivity index (χ0v) is 10.5. The van der Waals surface area contributed by atoms with E-state index in [1.54, 1.807) is 6.07 Å². The Morgan fingerprint density at radius 1 is 1.24 bits per heavy atom. The molecule has 0 heterocycles. The molecule has 0 aromatic heterocycles. The molecule has 0 aliphatic heterocycles. The molecule has 0 saturated carbocycles. The number of rotatable bonds is 3. The van der Waals surface area contributed by atoms with Gasteiger partial charge in [0.15, 0.2) is 0 Å².